The lowest BCUT2D eigenvalue weighted by molar-refractivity contribution is 0.141. The molecular weight excluding hydrogens is 705 g/mol. The molecule has 1 amide bonds. The third-order valence-corrected chi connectivity index (χ3v) is 10.5. The molecule has 0 radical (unpaired) electrons. The van der Waals surface area contributed by atoms with Crippen molar-refractivity contribution in [1.82, 2.24) is 37.2 Å². The summed E-state index contributed by atoms with van der Waals surface area (Å²) in [5.74, 6) is 0. The van der Waals surface area contributed by atoms with E-state index in [1.807, 2.05) is 19.1 Å². The molecule has 6 aromatic rings. The summed E-state index contributed by atoms with van der Waals surface area (Å²) < 4.78 is 20.7. The second-order valence-corrected chi connectivity index (χ2v) is 13.4. The number of aromatic nitrogens is 6. The average Bonchev–Trinajstić information content (AvgIpc) is 3.72. The van der Waals surface area contributed by atoms with E-state index in [0.29, 0.717) is 28.5 Å². The Hall–Kier alpha value is -5.19. The molecule has 0 saturated heterocycles. The zero-order valence-corrected chi connectivity index (χ0v) is 32.5. The van der Waals surface area contributed by atoms with E-state index < -0.39 is 17.3 Å². The van der Waals surface area contributed by atoms with Crippen LogP contribution >= 0.6 is 23.1 Å². The smallest absolute Gasteiger partial charge is 0.407 e. The van der Waals surface area contributed by atoms with Crippen molar-refractivity contribution in [2.45, 2.75) is 48.1 Å². The van der Waals surface area contributed by atoms with Gasteiger partial charge < -0.3 is 24.1 Å². The summed E-state index contributed by atoms with van der Waals surface area (Å²) >= 11 is 2.67. The molecule has 52 heavy (non-hydrogen) atoms. The molecule has 0 bridgehead atoms. The number of nitrogens with zero attached hydrogens (tertiary/aromatic N) is 7. The summed E-state index contributed by atoms with van der Waals surface area (Å²) in [4.78, 5) is 62.8. The van der Waals surface area contributed by atoms with Crippen molar-refractivity contribution in [3.05, 3.63) is 113 Å². The molecule has 0 aliphatic heterocycles. The number of carbonyl (C=O) groups is 1. The highest BCUT2D eigenvalue weighted by Gasteiger charge is 2.14. The van der Waals surface area contributed by atoms with Crippen LogP contribution in [-0.2, 0) is 25.4 Å². The summed E-state index contributed by atoms with van der Waals surface area (Å²) in [6.07, 6.45) is -0.555. The summed E-state index contributed by atoms with van der Waals surface area (Å²) in [6, 6.07) is 13.6. The average molecular weight is 749 g/mol. The van der Waals surface area contributed by atoms with Gasteiger partial charge in [0.25, 0.3) is 11.1 Å². The van der Waals surface area contributed by atoms with Gasteiger partial charge in [-0.2, -0.15) is 8.75 Å². The standard InChI is InChI=1S/C16H16N4O4S.C14H13N3O2S.C6H15N/c1-9-6-14(21)20(16(23)19(9)3)10-4-5-13-11(7-10)12(18-25-13)8-24-15(22)17-2;1-8-6-13(18)17(14(19)16(8)3)10-4-5-12-11(7-10)9(2)15-20-12;1-4-7(5-2)6-3/h4-7H,8H2,1-3H3,(H,17,22);4-7H,1-3H3;4-6H2,1-3H3. The summed E-state index contributed by atoms with van der Waals surface area (Å²) in [6.45, 7) is 15.5. The van der Waals surface area contributed by atoms with Crippen LogP contribution in [0, 0.1) is 20.8 Å². The Kier molecular flexibility index (Phi) is 13.2. The fraction of sp³-hybridized carbons (Fsp3) is 0.361. The number of benzene rings is 2. The Labute approximate surface area is 308 Å². The molecule has 4 heterocycles. The van der Waals surface area contributed by atoms with Crippen LogP contribution in [0.2, 0.25) is 0 Å². The van der Waals surface area contributed by atoms with E-state index in [9.17, 15) is 24.0 Å². The molecule has 0 fully saturated rings. The number of amides is 1. The number of hydrogen-bond donors (Lipinski definition) is 1. The van der Waals surface area contributed by atoms with Crippen molar-refractivity contribution in [3.8, 4) is 11.4 Å². The largest absolute Gasteiger partial charge is 0.443 e. The van der Waals surface area contributed by atoms with Crippen molar-refractivity contribution in [2.24, 2.45) is 14.1 Å². The first-order valence-corrected chi connectivity index (χ1v) is 18.2. The SMILES string of the molecule is CCN(CC)CC.CNC(=O)OCc1nsc2ccc(-n3c(=O)cc(C)n(C)c3=O)cc12.Cc1nsc2ccc(-n3c(=O)cc(C)n(C)c3=O)cc12. The Morgan fingerprint density at radius 3 is 1.65 bits per heavy atom. The molecule has 14 nitrogen and oxygen atoms in total. The van der Waals surface area contributed by atoms with Crippen LogP contribution in [0.15, 0.2) is 67.7 Å². The minimum Gasteiger partial charge on any atom is -0.443 e. The summed E-state index contributed by atoms with van der Waals surface area (Å²) in [7, 11) is 4.74. The van der Waals surface area contributed by atoms with E-state index in [-0.39, 0.29) is 17.9 Å². The van der Waals surface area contributed by atoms with E-state index >= 15 is 0 Å². The van der Waals surface area contributed by atoms with E-state index in [1.165, 1.54) is 75.6 Å². The number of alkyl carbamates (subject to hydrolysis) is 1. The number of nitrogens with one attached hydrogen (secondary N) is 1. The lowest BCUT2D eigenvalue weighted by Gasteiger charge is -2.13. The van der Waals surface area contributed by atoms with Gasteiger partial charge in [-0.15, -0.1) is 0 Å². The van der Waals surface area contributed by atoms with E-state index in [4.69, 9.17) is 4.74 Å². The highest BCUT2D eigenvalue weighted by Crippen LogP contribution is 2.26. The summed E-state index contributed by atoms with van der Waals surface area (Å²) in [5.41, 5.74) is 2.26. The molecule has 0 saturated carbocycles. The molecule has 0 unspecified atom stereocenters. The first-order valence-electron chi connectivity index (χ1n) is 16.7. The van der Waals surface area contributed by atoms with Gasteiger partial charge in [0, 0.05) is 55.4 Å². The zero-order chi connectivity index (χ0) is 38.3. The fourth-order valence-corrected chi connectivity index (χ4v) is 6.76. The van der Waals surface area contributed by atoms with E-state index in [2.05, 4.69) is 39.7 Å². The normalized spacial score (nSPS) is 10.9. The fourth-order valence-electron chi connectivity index (χ4n) is 5.23. The van der Waals surface area contributed by atoms with E-state index in [1.54, 1.807) is 52.2 Å². The van der Waals surface area contributed by atoms with Gasteiger partial charge in [0.1, 0.15) is 6.61 Å². The summed E-state index contributed by atoms with van der Waals surface area (Å²) in [5, 5.41) is 4.08. The number of rotatable bonds is 7. The quantitative estimate of drug-likeness (QED) is 0.250. The van der Waals surface area contributed by atoms with Crippen molar-refractivity contribution in [2.75, 3.05) is 26.7 Å². The van der Waals surface area contributed by atoms with Gasteiger partial charge in [0.2, 0.25) is 0 Å². The first-order chi connectivity index (χ1) is 24.8. The molecule has 4 aromatic heterocycles. The van der Waals surface area contributed by atoms with E-state index in [0.717, 1.165) is 30.4 Å². The van der Waals surface area contributed by atoms with Gasteiger partial charge >= 0.3 is 17.5 Å². The third kappa shape index (κ3) is 8.63. The van der Waals surface area contributed by atoms with Crippen LogP contribution in [0.25, 0.3) is 31.5 Å². The Morgan fingerprint density at radius 1 is 0.731 bits per heavy atom. The maximum Gasteiger partial charge on any atom is 0.407 e. The van der Waals surface area contributed by atoms with Crippen LogP contribution in [0.5, 0.6) is 0 Å². The Morgan fingerprint density at radius 2 is 1.19 bits per heavy atom. The van der Waals surface area contributed by atoms with Gasteiger partial charge in [-0.25, -0.2) is 23.5 Å². The molecule has 1 N–H and O–H groups in total. The monoisotopic (exact) mass is 748 g/mol. The van der Waals surface area contributed by atoms with Crippen LogP contribution < -0.4 is 27.8 Å². The van der Waals surface area contributed by atoms with Crippen LogP contribution in [-0.4, -0.2) is 64.7 Å². The molecule has 6 rings (SSSR count). The van der Waals surface area contributed by atoms with Crippen LogP contribution in [0.3, 0.4) is 0 Å². The van der Waals surface area contributed by atoms with Gasteiger partial charge in [0.05, 0.1) is 32.2 Å². The maximum atomic E-state index is 12.5. The second-order valence-electron chi connectivity index (χ2n) is 11.8. The van der Waals surface area contributed by atoms with Gasteiger partial charge in [-0.3, -0.25) is 9.59 Å². The topological polar surface area (TPSA) is 155 Å². The molecule has 276 valence electrons. The number of carbonyl (C=O) groups excluding carboxylic acids is 1. The number of hydrogen-bond acceptors (Lipinski definition) is 11. The van der Waals surface area contributed by atoms with Crippen molar-refractivity contribution in [3.63, 3.8) is 0 Å². The predicted molar refractivity (Wildman–Crippen MR) is 208 cm³/mol. The predicted octanol–water partition coefficient (Wildman–Crippen LogP) is 4.42. The maximum absolute atomic E-state index is 12.5. The minimum atomic E-state index is -0.555. The van der Waals surface area contributed by atoms with Crippen LogP contribution in [0.4, 0.5) is 4.79 Å². The highest BCUT2D eigenvalue weighted by molar-refractivity contribution is 7.13. The number of ether oxygens (including phenoxy) is 1. The second kappa shape index (κ2) is 17.4. The molecule has 0 atom stereocenters. The molecule has 16 heteroatoms. The zero-order valence-electron chi connectivity index (χ0n) is 30.8. The molecule has 0 spiro atoms. The van der Waals surface area contributed by atoms with Crippen molar-refractivity contribution < 1.29 is 9.53 Å². The molecule has 0 aliphatic carbocycles. The van der Waals surface area contributed by atoms with Gasteiger partial charge in [0.15, 0.2) is 0 Å². The Balaban J connectivity index is 0.000000200. The van der Waals surface area contributed by atoms with Gasteiger partial charge in [-0.05, 0) is 99.9 Å². The molecular formula is C36H44N8O6S2. The molecule has 0 aliphatic rings. The highest BCUT2D eigenvalue weighted by atomic mass is 32.1. The number of fused-ring (bicyclic) bond motifs is 2. The number of aryl methyl sites for hydroxylation is 3. The minimum absolute atomic E-state index is 0.00390. The van der Waals surface area contributed by atoms with Crippen molar-refractivity contribution in [1.29, 1.82) is 0 Å². The lowest BCUT2D eigenvalue weighted by Crippen LogP contribution is -2.38. The lowest BCUT2D eigenvalue weighted by atomic mass is 10.2. The Bertz CT molecular complexity index is 2440. The van der Waals surface area contributed by atoms with Crippen LogP contribution in [0.1, 0.15) is 43.5 Å². The van der Waals surface area contributed by atoms with Crippen molar-refractivity contribution >= 4 is 49.3 Å². The molecule has 2 aromatic carbocycles. The third-order valence-electron chi connectivity index (χ3n) is 8.68. The first kappa shape index (κ1) is 39.6. The van der Waals surface area contributed by atoms with Gasteiger partial charge in [-0.1, -0.05) is 20.8 Å².